The molecule has 0 saturated carbocycles. The molecule has 6 heteroatoms. The van der Waals surface area contributed by atoms with Crippen LogP contribution in [0.15, 0.2) is 33.9 Å². The summed E-state index contributed by atoms with van der Waals surface area (Å²) in [4.78, 5) is 25.2. The number of carbonyl (C=O) groups is 1. The topological polar surface area (TPSA) is 71.7 Å². The Morgan fingerprint density at radius 3 is 2.81 bits per heavy atom. The van der Waals surface area contributed by atoms with Crippen LogP contribution in [0.3, 0.4) is 0 Å². The Morgan fingerprint density at radius 1 is 1.52 bits per heavy atom. The molecule has 0 fully saturated rings. The lowest BCUT2D eigenvalue weighted by Crippen LogP contribution is -2.24. The number of fused-ring (bicyclic) bond motifs is 1. The first kappa shape index (κ1) is 15.5. The Morgan fingerprint density at radius 2 is 2.24 bits per heavy atom. The molecule has 2 unspecified atom stereocenters. The maximum atomic E-state index is 11.3. The van der Waals surface area contributed by atoms with Gasteiger partial charge in [0.15, 0.2) is 6.04 Å². The van der Waals surface area contributed by atoms with E-state index < -0.39 is 17.9 Å². The average molecular weight is 351 g/mol. The van der Waals surface area contributed by atoms with Crippen LogP contribution in [0, 0.1) is 0 Å². The summed E-state index contributed by atoms with van der Waals surface area (Å²) in [5, 5.41) is 10.2. The zero-order valence-electron chi connectivity index (χ0n) is 11.7. The van der Waals surface area contributed by atoms with Gasteiger partial charge in [0.2, 0.25) is 6.08 Å². The summed E-state index contributed by atoms with van der Waals surface area (Å²) in [6, 6.07) is 4.76. The minimum absolute atomic E-state index is 0.423. The Hall–Kier alpha value is -1.91. The molecule has 0 aliphatic heterocycles. The molecule has 0 radical (unpaired) electrons. The van der Waals surface area contributed by atoms with Crippen LogP contribution in [-0.2, 0) is 16.1 Å². The van der Waals surface area contributed by atoms with Crippen molar-refractivity contribution in [2.45, 2.75) is 32.4 Å². The van der Waals surface area contributed by atoms with Gasteiger partial charge in [0.05, 0.1) is 0 Å². The molecule has 5 nitrogen and oxygen atoms in total. The number of carboxylic acid groups (broad SMARTS) is 1. The number of halogens is 1. The predicted molar refractivity (Wildman–Crippen MR) is 83.3 cm³/mol. The van der Waals surface area contributed by atoms with Crippen LogP contribution in [0.25, 0.3) is 10.9 Å². The van der Waals surface area contributed by atoms with Crippen molar-refractivity contribution in [3.63, 3.8) is 0 Å². The second kappa shape index (κ2) is 6.24. The summed E-state index contributed by atoms with van der Waals surface area (Å²) in [5.41, 5.74) is 1.89. The van der Waals surface area contributed by atoms with Gasteiger partial charge in [0, 0.05) is 34.0 Å². The van der Waals surface area contributed by atoms with Crippen molar-refractivity contribution in [2.75, 3.05) is 0 Å². The molecule has 2 aromatic rings. The van der Waals surface area contributed by atoms with Gasteiger partial charge in [0.1, 0.15) is 0 Å². The number of aryl methyl sites for hydroxylation is 1. The van der Waals surface area contributed by atoms with Gasteiger partial charge in [-0.2, -0.15) is 4.99 Å². The number of rotatable bonds is 5. The first-order chi connectivity index (χ1) is 9.99. The molecule has 1 aromatic carbocycles. The van der Waals surface area contributed by atoms with E-state index in [1.54, 1.807) is 6.92 Å². The highest BCUT2D eigenvalue weighted by Crippen LogP contribution is 2.32. The zero-order chi connectivity index (χ0) is 15.6. The summed E-state index contributed by atoms with van der Waals surface area (Å²) in [6.45, 7) is 4.56. The molecule has 2 atom stereocenters. The van der Waals surface area contributed by atoms with E-state index in [1.165, 1.54) is 6.08 Å². The zero-order valence-corrected chi connectivity index (χ0v) is 13.3. The van der Waals surface area contributed by atoms with Gasteiger partial charge in [0.25, 0.3) is 0 Å². The smallest absolute Gasteiger partial charge is 0.330 e. The molecular weight excluding hydrogens is 336 g/mol. The van der Waals surface area contributed by atoms with Gasteiger partial charge in [-0.3, -0.25) is 0 Å². The van der Waals surface area contributed by atoms with E-state index >= 15 is 0 Å². The molecule has 0 bridgehead atoms. The van der Waals surface area contributed by atoms with Gasteiger partial charge in [-0.25, -0.2) is 9.59 Å². The van der Waals surface area contributed by atoms with E-state index in [-0.39, 0.29) is 0 Å². The third kappa shape index (κ3) is 2.91. The summed E-state index contributed by atoms with van der Waals surface area (Å²) < 4.78 is 2.97. The fourth-order valence-corrected chi connectivity index (χ4v) is 2.89. The first-order valence-electron chi connectivity index (χ1n) is 6.57. The maximum Gasteiger partial charge on any atom is 0.330 e. The SMILES string of the molecule is CCn1cc(C(C)C(N=C=O)C(=O)O)c2cc(Br)ccc21. The van der Waals surface area contributed by atoms with Crippen LogP contribution in [0.4, 0.5) is 0 Å². The van der Waals surface area contributed by atoms with Crippen LogP contribution < -0.4 is 0 Å². The van der Waals surface area contributed by atoms with Crippen molar-refractivity contribution in [2.24, 2.45) is 4.99 Å². The van der Waals surface area contributed by atoms with Crippen LogP contribution in [0.1, 0.15) is 25.3 Å². The molecule has 21 heavy (non-hydrogen) atoms. The molecule has 0 saturated heterocycles. The van der Waals surface area contributed by atoms with E-state index in [4.69, 9.17) is 0 Å². The lowest BCUT2D eigenvalue weighted by Gasteiger charge is -2.14. The van der Waals surface area contributed by atoms with Crippen molar-refractivity contribution in [1.29, 1.82) is 0 Å². The molecule has 0 spiro atoms. The third-order valence-corrected chi connectivity index (χ3v) is 4.12. The number of hydrogen-bond donors (Lipinski definition) is 1. The van der Waals surface area contributed by atoms with Crippen molar-refractivity contribution < 1.29 is 14.7 Å². The predicted octanol–water partition coefficient (Wildman–Crippen LogP) is 3.32. The number of aromatic nitrogens is 1. The second-order valence-electron chi connectivity index (χ2n) is 4.82. The van der Waals surface area contributed by atoms with Crippen molar-refractivity contribution in [1.82, 2.24) is 4.57 Å². The van der Waals surface area contributed by atoms with E-state index in [2.05, 4.69) is 25.5 Å². The standard InChI is InChI=1S/C15H15BrN2O3/c1-3-18-7-12(9(2)14(15(20)21)17-8-19)11-6-10(16)4-5-13(11)18/h4-7,9,14H,3H2,1-2H3,(H,20,21). The molecular formula is C15H15BrN2O3. The van der Waals surface area contributed by atoms with Crippen LogP contribution in [0.5, 0.6) is 0 Å². The Kier molecular flexibility index (Phi) is 4.60. The molecule has 1 heterocycles. The summed E-state index contributed by atoms with van der Waals surface area (Å²) >= 11 is 3.43. The van der Waals surface area contributed by atoms with E-state index in [0.717, 1.165) is 27.5 Å². The van der Waals surface area contributed by atoms with Gasteiger partial charge in [-0.05, 0) is 30.7 Å². The van der Waals surface area contributed by atoms with Crippen LogP contribution in [0.2, 0.25) is 0 Å². The number of carboxylic acids is 1. The number of aliphatic carboxylic acids is 1. The van der Waals surface area contributed by atoms with E-state index in [1.807, 2.05) is 31.3 Å². The van der Waals surface area contributed by atoms with E-state index in [0.29, 0.717) is 0 Å². The fourth-order valence-electron chi connectivity index (χ4n) is 2.53. The molecule has 0 aliphatic rings. The van der Waals surface area contributed by atoms with Crippen LogP contribution >= 0.6 is 15.9 Å². The summed E-state index contributed by atoms with van der Waals surface area (Å²) in [5.74, 6) is -1.55. The lowest BCUT2D eigenvalue weighted by atomic mass is 9.93. The largest absolute Gasteiger partial charge is 0.480 e. The van der Waals surface area contributed by atoms with Gasteiger partial charge in [-0.15, -0.1) is 0 Å². The Balaban J connectivity index is 2.62. The second-order valence-corrected chi connectivity index (χ2v) is 5.74. The number of hydrogen-bond acceptors (Lipinski definition) is 3. The number of benzene rings is 1. The summed E-state index contributed by atoms with van der Waals surface area (Å²) in [7, 11) is 0. The van der Waals surface area contributed by atoms with Crippen molar-refractivity contribution >= 4 is 38.9 Å². The molecule has 2 rings (SSSR count). The highest BCUT2D eigenvalue weighted by molar-refractivity contribution is 9.10. The maximum absolute atomic E-state index is 11.3. The molecule has 0 aliphatic carbocycles. The molecule has 1 N–H and O–H groups in total. The molecule has 0 amide bonds. The average Bonchev–Trinajstić information content (AvgIpc) is 2.81. The van der Waals surface area contributed by atoms with Gasteiger partial charge >= 0.3 is 5.97 Å². The first-order valence-corrected chi connectivity index (χ1v) is 7.37. The van der Waals surface area contributed by atoms with Gasteiger partial charge < -0.3 is 9.67 Å². The third-order valence-electron chi connectivity index (χ3n) is 3.62. The molecule has 1 aromatic heterocycles. The minimum Gasteiger partial charge on any atom is -0.480 e. The van der Waals surface area contributed by atoms with Crippen molar-refractivity contribution in [3.8, 4) is 0 Å². The number of aliphatic imine (C=N–C) groups is 1. The van der Waals surface area contributed by atoms with Gasteiger partial charge in [-0.1, -0.05) is 22.9 Å². The normalized spacial score (nSPS) is 13.7. The highest BCUT2D eigenvalue weighted by Gasteiger charge is 2.28. The quantitative estimate of drug-likeness (QED) is 0.664. The number of nitrogens with zero attached hydrogens (tertiary/aromatic N) is 2. The minimum atomic E-state index is -1.13. The number of isocyanates is 1. The number of carbonyl (C=O) groups excluding carboxylic acids is 1. The fraction of sp³-hybridized carbons (Fsp3) is 0.333. The lowest BCUT2D eigenvalue weighted by molar-refractivity contribution is -0.138. The monoisotopic (exact) mass is 350 g/mol. The molecule has 110 valence electrons. The Labute approximate surface area is 130 Å². The van der Waals surface area contributed by atoms with Crippen LogP contribution in [-0.4, -0.2) is 27.8 Å². The van der Waals surface area contributed by atoms with Crippen molar-refractivity contribution in [3.05, 3.63) is 34.4 Å². The highest BCUT2D eigenvalue weighted by atomic mass is 79.9. The van der Waals surface area contributed by atoms with E-state index in [9.17, 15) is 14.7 Å². The Bertz CT molecular complexity index is 730. The summed E-state index contributed by atoms with van der Waals surface area (Å²) in [6.07, 6.45) is 3.29.